The normalized spacial score (nSPS) is 12.1. The maximum absolute atomic E-state index is 4.81. The van der Waals surface area contributed by atoms with Gasteiger partial charge in [0.1, 0.15) is 5.82 Å². The Bertz CT molecular complexity index is 1180. The standard InChI is InChI=1S/C24H20N4S/c1-3-9-17(10-4-1)21(15-23-25-19-13-7-8-14-20(19)26-23)27-24-28-22(16-29-24)18-11-5-2-6-12-18/h1-14,16,21H,15H2,(H,25,26)(H,27,28). The maximum atomic E-state index is 4.81. The number of fused-ring (bicyclic) bond motifs is 1. The zero-order chi connectivity index (χ0) is 19.5. The lowest BCUT2D eigenvalue weighted by Crippen LogP contribution is -2.14. The van der Waals surface area contributed by atoms with Crippen LogP contribution in [0.1, 0.15) is 17.4 Å². The summed E-state index contributed by atoms with van der Waals surface area (Å²) in [5, 5.41) is 6.63. The third-order valence-corrected chi connectivity index (χ3v) is 5.68. The molecule has 0 saturated heterocycles. The average molecular weight is 397 g/mol. The van der Waals surface area contributed by atoms with Crippen molar-refractivity contribution in [3.63, 3.8) is 0 Å². The predicted octanol–water partition coefficient (Wildman–Crippen LogP) is 6.08. The molecule has 1 unspecified atom stereocenters. The minimum Gasteiger partial charge on any atom is -0.354 e. The lowest BCUT2D eigenvalue weighted by Gasteiger charge is -2.17. The van der Waals surface area contributed by atoms with Gasteiger partial charge in [-0.1, -0.05) is 72.8 Å². The number of anilines is 1. The summed E-state index contributed by atoms with van der Waals surface area (Å²) >= 11 is 1.63. The molecule has 0 aliphatic rings. The molecule has 0 radical (unpaired) electrons. The first-order valence-electron chi connectivity index (χ1n) is 9.61. The molecule has 0 saturated carbocycles. The molecule has 5 rings (SSSR count). The van der Waals surface area contributed by atoms with E-state index in [1.807, 2.05) is 42.5 Å². The summed E-state index contributed by atoms with van der Waals surface area (Å²) in [7, 11) is 0. The summed E-state index contributed by atoms with van der Waals surface area (Å²) in [6.45, 7) is 0. The zero-order valence-corrected chi connectivity index (χ0v) is 16.6. The number of nitrogens with one attached hydrogen (secondary N) is 2. The van der Waals surface area contributed by atoms with Crippen LogP contribution in [0.5, 0.6) is 0 Å². The van der Waals surface area contributed by atoms with Crippen molar-refractivity contribution in [2.24, 2.45) is 0 Å². The summed E-state index contributed by atoms with van der Waals surface area (Å²) in [4.78, 5) is 13.0. The van der Waals surface area contributed by atoms with E-state index in [0.717, 1.165) is 39.7 Å². The Morgan fingerprint density at radius 1 is 0.828 bits per heavy atom. The Balaban J connectivity index is 1.43. The first-order chi connectivity index (χ1) is 14.3. The number of thiazole rings is 1. The number of H-pyrrole nitrogens is 1. The van der Waals surface area contributed by atoms with Crippen LogP contribution in [0.4, 0.5) is 5.13 Å². The van der Waals surface area contributed by atoms with Crippen LogP contribution in [0.2, 0.25) is 0 Å². The van der Waals surface area contributed by atoms with Gasteiger partial charge in [-0.3, -0.25) is 0 Å². The molecule has 0 fully saturated rings. The molecule has 142 valence electrons. The average Bonchev–Trinajstić information content (AvgIpc) is 3.41. The molecule has 0 aliphatic carbocycles. The molecule has 3 aromatic carbocycles. The number of hydrogen-bond donors (Lipinski definition) is 2. The van der Waals surface area contributed by atoms with E-state index < -0.39 is 0 Å². The van der Waals surface area contributed by atoms with Crippen LogP contribution in [0.25, 0.3) is 22.3 Å². The number of rotatable bonds is 6. The third kappa shape index (κ3) is 3.91. The summed E-state index contributed by atoms with van der Waals surface area (Å²) in [6.07, 6.45) is 0.749. The first kappa shape index (κ1) is 17.6. The van der Waals surface area contributed by atoms with Crippen LogP contribution in [-0.2, 0) is 6.42 Å². The van der Waals surface area contributed by atoms with Crippen LogP contribution < -0.4 is 5.32 Å². The Labute approximate surface area is 173 Å². The van der Waals surface area contributed by atoms with Crippen LogP contribution in [-0.4, -0.2) is 15.0 Å². The smallest absolute Gasteiger partial charge is 0.183 e. The maximum Gasteiger partial charge on any atom is 0.183 e. The molecular formula is C24H20N4S. The largest absolute Gasteiger partial charge is 0.354 e. The number of aromatic nitrogens is 3. The van der Waals surface area contributed by atoms with E-state index in [9.17, 15) is 0 Å². The number of para-hydroxylation sites is 2. The lowest BCUT2D eigenvalue weighted by molar-refractivity contribution is 0.742. The molecule has 4 nitrogen and oxygen atoms in total. The molecule has 1 atom stereocenters. The fraction of sp³-hybridized carbons (Fsp3) is 0.0833. The Morgan fingerprint density at radius 3 is 2.34 bits per heavy atom. The fourth-order valence-electron chi connectivity index (χ4n) is 3.46. The molecule has 5 heteroatoms. The number of aromatic amines is 1. The number of imidazole rings is 1. The van der Waals surface area contributed by atoms with E-state index in [1.54, 1.807) is 11.3 Å². The van der Waals surface area contributed by atoms with Crippen molar-refractivity contribution in [2.75, 3.05) is 5.32 Å². The highest BCUT2D eigenvalue weighted by Crippen LogP contribution is 2.29. The molecule has 0 amide bonds. The lowest BCUT2D eigenvalue weighted by atomic mass is 10.0. The van der Waals surface area contributed by atoms with Crippen LogP contribution in [0, 0.1) is 0 Å². The second kappa shape index (κ2) is 7.89. The number of benzene rings is 3. The van der Waals surface area contributed by atoms with Gasteiger partial charge in [0.05, 0.1) is 22.8 Å². The van der Waals surface area contributed by atoms with E-state index in [-0.39, 0.29) is 6.04 Å². The van der Waals surface area contributed by atoms with Crippen molar-refractivity contribution in [2.45, 2.75) is 12.5 Å². The Morgan fingerprint density at radius 2 is 1.55 bits per heavy atom. The van der Waals surface area contributed by atoms with Gasteiger partial charge in [-0.05, 0) is 17.7 Å². The molecule has 2 aromatic heterocycles. The van der Waals surface area contributed by atoms with Gasteiger partial charge >= 0.3 is 0 Å². The van der Waals surface area contributed by atoms with E-state index in [4.69, 9.17) is 9.97 Å². The number of hydrogen-bond acceptors (Lipinski definition) is 4. The van der Waals surface area contributed by atoms with Crippen LogP contribution >= 0.6 is 11.3 Å². The van der Waals surface area contributed by atoms with Gasteiger partial charge in [0, 0.05) is 17.4 Å². The second-order valence-corrected chi connectivity index (χ2v) is 7.77. The molecule has 0 spiro atoms. The Hall–Kier alpha value is -3.44. The summed E-state index contributed by atoms with van der Waals surface area (Å²) in [5.41, 5.74) is 5.40. The first-order valence-corrected chi connectivity index (χ1v) is 10.5. The highest BCUT2D eigenvalue weighted by Gasteiger charge is 2.16. The molecule has 5 aromatic rings. The van der Waals surface area contributed by atoms with Gasteiger partial charge in [0.15, 0.2) is 5.13 Å². The minimum absolute atomic E-state index is 0.0755. The summed E-state index contributed by atoms with van der Waals surface area (Å²) in [5.74, 6) is 0.965. The zero-order valence-electron chi connectivity index (χ0n) is 15.7. The van der Waals surface area contributed by atoms with Gasteiger partial charge < -0.3 is 10.3 Å². The van der Waals surface area contributed by atoms with Gasteiger partial charge in [-0.15, -0.1) is 11.3 Å². The van der Waals surface area contributed by atoms with E-state index in [1.165, 1.54) is 5.56 Å². The van der Waals surface area contributed by atoms with Gasteiger partial charge in [0.2, 0.25) is 0 Å². The molecule has 2 heterocycles. The fourth-order valence-corrected chi connectivity index (χ4v) is 4.24. The monoisotopic (exact) mass is 396 g/mol. The van der Waals surface area contributed by atoms with Crippen LogP contribution in [0.15, 0.2) is 90.3 Å². The Kier molecular flexibility index (Phi) is 4.80. The van der Waals surface area contributed by atoms with Gasteiger partial charge in [-0.25, -0.2) is 9.97 Å². The molecular weight excluding hydrogens is 376 g/mol. The van der Waals surface area contributed by atoms with Crippen LogP contribution in [0.3, 0.4) is 0 Å². The summed E-state index contributed by atoms with van der Waals surface area (Å²) < 4.78 is 0. The van der Waals surface area contributed by atoms with Crippen molar-refractivity contribution >= 4 is 27.5 Å². The van der Waals surface area contributed by atoms with Crippen molar-refractivity contribution in [3.8, 4) is 11.3 Å². The summed E-state index contributed by atoms with van der Waals surface area (Å²) in [6, 6.07) is 28.9. The molecule has 0 aliphatic heterocycles. The van der Waals surface area contributed by atoms with Crippen molar-refractivity contribution in [1.82, 2.24) is 15.0 Å². The minimum atomic E-state index is 0.0755. The van der Waals surface area contributed by atoms with E-state index in [2.05, 4.69) is 58.1 Å². The van der Waals surface area contributed by atoms with E-state index >= 15 is 0 Å². The highest BCUT2D eigenvalue weighted by atomic mass is 32.1. The van der Waals surface area contributed by atoms with Gasteiger partial charge in [0.25, 0.3) is 0 Å². The SMILES string of the molecule is c1ccc(-c2csc(NC(Cc3nc4ccccc4[nH]3)c3ccccc3)n2)cc1. The molecule has 29 heavy (non-hydrogen) atoms. The quantitative estimate of drug-likeness (QED) is 0.365. The predicted molar refractivity (Wildman–Crippen MR) is 120 cm³/mol. The second-order valence-electron chi connectivity index (χ2n) is 6.92. The molecule has 0 bridgehead atoms. The van der Waals surface area contributed by atoms with Crippen molar-refractivity contribution < 1.29 is 0 Å². The van der Waals surface area contributed by atoms with E-state index in [0.29, 0.717) is 0 Å². The van der Waals surface area contributed by atoms with Gasteiger partial charge in [-0.2, -0.15) is 0 Å². The topological polar surface area (TPSA) is 53.6 Å². The highest BCUT2D eigenvalue weighted by molar-refractivity contribution is 7.14. The third-order valence-electron chi connectivity index (χ3n) is 4.91. The number of nitrogens with zero attached hydrogens (tertiary/aromatic N) is 2. The molecule has 2 N–H and O–H groups in total. The van der Waals surface area contributed by atoms with Crippen molar-refractivity contribution in [1.29, 1.82) is 0 Å². The van der Waals surface area contributed by atoms with Crippen molar-refractivity contribution in [3.05, 3.63) is 102 Å².